The number of rotatable bonds is 1. The number of hydrogen-bond donors (Lipinski definition) is 1. The highest BCUT2D eigenvalue weighted by Crippen LogP contribution is 2.49. The average molecular weight is 235 g/mol. The van der Waals surface area contributed by atoms with E-state index >= 15 is 0 Å². The van der Waals surface area contributed by atoms with E-state index in [1.165, 1.54) is 25.7 Å². The minimum absolute atomic E-state index is 0.437. The summed E-state index contributed by atoms with van der Waals surface area (Å²) >= 11 is 0. The lowest BCUT2D eigenvalue weighted by atomic mass is 9.64. The summed E-state index contributed by atoms with van der Waals surface area (Å²) in [6, 6.07) is 2.55. The van der Waals surface area contributed by atoms with Crippen molar-refractivity contribution in [3.63, 3.8) is 0 Å². The second-order valence-electron chi connectivity index (χ2n) is 6.05. The number of aliphatic hydroxyl groups is 1. The van der Waals surface area contributed by atoms with Crippen LogP contribution in [0.1, 0.15) is 77.0 Å². The van der Waals surface area contributed by atoms with Crippen LogP contribution in [0.25, 0.3) is 0 Å². The Morgan fingerprint density at radius 2 is 1.12 bits per heavy atom. The molecule has 0 aromatic heterocycles. The van der Waals surface area contributed by atoms with E-state index in [-0.39, 0.29) is 0 Å². The van der Waals surface area contributed by atoms with Gasteiger partial charge in [-0.25, -0.2) is 0 Å². The molecule has 0 aromatic rings. The molecule has 0 radical (unpaired) electrons. The monoisotopic (exact) mass is 235 g/mol. The number of hydrogen-bond acceptors (Lipinski definition) is 2. The van der Waals surface area contributed by atoms with Gasteiger partial charge in [0.2, 0.25) is 0 Å². The highest BCUT2D eigenvalue weighted by atomic mass is 16.3. The molecule has 0 aliphatic heterocycles. The molecule has 0 heterocycles. The zero-order valence-corrected chi connectivity index (χ0v) is 10.9. The first-order valence-electron chi connectivity index (χ1n) is 7.36. The standard InChI is InChI=1S/C15H25NO/c16-13-14(9-5-1-2-6-10-14)15(17)11-7-3-4-8-12-15/h17H,1-12H2. The van der Waals surface area contributed by atoms with Crippen LogP contribution in [0.5, 0.6) is 0 Å². The first kappa shape index (κ1) is 12.9. The molecule has 17 heavy (non-hydrogen) atoms. The highest BCUT2D eigenvalue weighted by molar-refractivity contribution is 5.12. The molecule has 2 heteroatoms. The molecule has 1 N–H and O–H groups in total. The lowest BCUT2D eigenvalue weighted by molar-refractivity contribution is -0.0746. The van der Waals surface area contributed by atoms with Gasteiger partial charge in [0.25, 0.3) is 0 Å². The summed E-state index contributed by atoms with van der Waals surface area (Å²) in [6.45, 7) is 0. The molecule has 2 nitrogen and oxygen atoms in total. The first-order valence-corrected chi connectivity index (χ1v) is 7.36. The van der Waals surface area contributed by atoms with Crippen molar-refractivity contribution in [3.05, 3.63) is 0 Å². The molecule has 2 saturated carbocycles. The minimum Gasteiger partial charge on any atom is -0.388 e. The second-order valence-corrected chi connectivity index (χ2v) is 6.05. The van der Waals surface area contributed by atoms with E-state index < -0.39 is 11.0 Å². The Bertz CT molecular complexity index is 276. The molecule has 0 unspecified atom stereocenters. The lowest BCUT2D eigenvalue weighted by Crippen LogP contribution is -2.47. The Labute approximate surface area is 105 Å². The maximum Gasteiger partial charge on any atom is 0.0860 e. The van der Waals surface area contributed by atoms with Crippen LogP contribution in [0.4, 0.5) is 0 Å². The fourth-order valence-electron chi connectivity index (χ4n) is 3.81. The van der Waals surface area contributed by atoms with Crippen LogP contribution in [-0.2, 0) is 0 Å². The smallest absolute Gasteiger partial charge is 0.0860 e. The van der Waals surface area contributed by atoms with Gasteiger partial charge in [-0.05, 0) is 25.7 Å². The van der Waals surface area contributed by atoms with Crippen LogP contribution < -0.4 is 0 Å². The third-order valence-electron chi connectivity index (χ3n) is 4.99. The van der Waals surface area contributed by atoms with Gasteiger partial charge in [0, 0.05) is 0 Å². The minimum atomic E-state index is -0.692. The van der Waals surface area contributed by atoms with E-state index in [2.05, 4.69) is 6.07 Å². The molecule has 2 fully saturated rings. The third kappa shape index (κ3) is 2.50. The maximum atomic E-state index is 11.0. The van der Waals surface area contributed by atoms with Crippen molar-refractivity contribution in [2.24, 2.45) is 5.41 Å². The Hall–Kier alpha value is -0.550. The van der Waals surface area contributed by atoms with Gasteiger partial charge >= 0.3 is 0 Å². The van der Waals surface area contributed by atoms with Gasteiger partial charge in [-0.15, -0.1) is 0 Å². The van der Waals surface area contributed by atoms with Crippen LogP contribution in [0.3, 0.4) is 0 Å². The topological polar surface area (TPSA) is 44.0 Å². The SMILES string of the molecule is N#CC1(C2(O)CCCCCC2)CCCCCC1. The molecule has 0 bridgehead atoms. The van der Waals surface area contributed by atoms with Gasteiger partial charge in [0.1, 0.15) is 0 Å². The molecule has 0 saturated heterocycles. The summed E-state index contributed by atoms with van der Waals surface area (Å²) in [5, 5.41) is 20.7. The van der Waals surface area contributed by atoms with Gasteiger partial charge in [-0.2, -0.15) is 5.26 Å². The van der Waals surface area contributed by atoms with Crippen LogP contribution in [0, 0.1) is 16.7 Å². The summed E-state index contributed by atoms with van der Waals surface area (Å²) in [5.41, 5.74) is -1.13. The molecule has 2 aliphatic rings. The molecule has 0 aromatic carbocycles. The molecule has 2 rings (SSSR count). The van der Waals surface area contributed by atoms with Crippen molar-refractivity contribution in [1.82, 2.24) is 0 Å². The summed E-state index contributed by atoms with van der Waals surface area (Å²) in [6.07, 6.45) is 12.9. The van der Waals surface area contributed by atoms with Crippen molar-refractivity contribution in [2.75, 3.05) is 0 Å². The number of nitriles is 1. The Balaban J connectivity index is 2.21. The summed E-state index contributed by atoms with van der Waals surface area (Å²) in [7, 11) is 0. The van der Waals surface area contributed by atoms with Gasteiger partial charge in [-0.1, -0.05) is 51.4 Å². The molecule has 2 aliphatic carbocycles. The van der Waals surface area contributed by atoms with Gasteiger partial charge < -0.3 is 5.11 Å². The summed E-state index contributed by atoms with van der Waals surface area (Å²) in [5.74, 6) is 0. The summed E-state index contributed by atoms with van der Waals surface area (Å²) in [4.78, 5) is 0. The Morgan fingerprint density at radius 3 is 1.53 bits per heavy atom. The highest BCUT2D eigenvalue weighted by Gasteiger charge is 2.49. The predicted octanol–water partition coefficient (Wildman–Crippen LogP) is 3.94. The van der Waals surface area contributed by atoms with Crippen LogP contribution in [-0.4, -0.2) is 10.7 Å². The van der Waals surface area contributed by atoms with Gasteiger partial charge in [-0.3, -0.25) is 0 Å². The summed E-state index contributed by atoms with van der Waals surface area (Å²) < 4.78 is 0. The van der Waals surface area contributed by atoms with Crippen LogP contribution in [0.15, 0.2) is 0 Å². The van der Waals surface area contributed by atoms with Gasteiger partial charge in [0.15, 0.2) is 0 Å². The van der Waals surface area contributed by atoms with E-state index in [0.29, 0.717) is 0 Å². The quantitative estimate of drug-likeness (QED) is 0.700. The van der Waals surface area contributed by atoms with Crippen molar-refractivity contribution in [2.45, 2.75) is 82.7 Å². The number of nitrogens with zero attached hydrogens (tertiary/aromatic N) is 1. The first-order chi connectivity index (χ1) is 8.22. The molecular weight excluding hydrogens is 210 g/mol. The molecule has 0 amide bonds. The van der Waals surface area contributed by atoms with Crippen molar-refractivity contribution < 1.29 is 5.11 Å². The van der Waals surface area contributed by atoms with E-state index in [4.69, 9.17) is 0 Å². The van der Waals surface area contributed by atoms with E-state index in [0.717, 1.165) is 51.4 Å². The van der Waals surface area contributed by atoms with E-state index in [9.17, 15) is 10.4 Å². The maximum absolute atomic E-state index is 11.0. The van der Waals surface area contributed by atoms with Gasteiger partial charge in [0.05, 0.1) is 17.1 Å². The largest absolute Gasteiger partial charge is 0.388 e. The fourth-order valence-corrected chi connectivity index (χ4v) is 3.81. The Kier molecular flexibility index (Phi) is 4.09. The molecular formula is C15H25NO. The molecule has 0 atom stereocenters. The Morgan fingerprint density at radius 1 is 0.706 bits per heavy atom. The zero-order chi connectivity index (χ0) is 12.2. The fraction of sp³-hybridized carbons (Fsp3) is 0.933. The molecule has 0 spiro atoms. The second kappa shape index (κ2) is 5.40. The van der Waals surface area contributed by atoms with Crippen LogP contribution in [0.2, 0.25) is 0 Å². The molecule has 96 valence electrons. The lowest BCUT2D eigenvalue weighted by Gasteiger charge is -2.42. The van der Waals surface area contributed by atoms with Crippen molar-refractivity contribution in [3.8, 4) is 6.07 Å². The van der Waals surface area contributed by atoms with Crippen molar-refractivity contribution in [1.29, 1.82) is 5.26 Å². The van der Waals surface area contributed by atoms with Crippen molar-refractivity contribution >= 4 is 0 Å². The normalized spacial score (nSPS) is 28.7. The van der Waals surface area contributed by atoms with E-state index in [1.807, 2.05) is 0 Å². The predicted molar refractivity (Wildman–Crippen MR) is 68.4 cm³/mol. The van der Waals surface area contributed by atoms with E-state index in [1.54, 1.807) is 0 Å². The zero-order valence-electron chi connectivity index (χ0n) is 10.9. The third-order valence-corrected chi connectivity index (χ3v) is 4.99. The van der Waals surface area contributed by atoms with Crippen LogP contribution >= 0.6 is 0 Å². The average Bonchev–Trinajstić information content (AvgIpc) is 2.70.